The number of nitrogens with zero attached hydrogens (tertiary/aromatic N) is 1. The average molecular weight is 217 g/mol. The van der Waals surface area contributed by atoms with Crippen LogP contribution < -0.4 is 4.74 Å². The van der Waals surface area contributed by atoms with Gasteiger partial charge in [-0.15, -0.1) is 0 Å². The van der Waals surface area contributed by atoms with Crippen LogP contribution in [0.4, 0.5) is 0 Å². The predicted octanol–water partition coefficient (Wildman–Crippen LogP) is 2.25. The van der Waals surface area contributed by atoms with Crippen LogP contribution in [0.15, 0.2) is 24.3 Å². The predicted molar refractivity (Wildman–Crippen MR) is 60.0 cm³/mol. The van der Waals surface area contributed by atoms with Gasteiger partial charge in [0.05, 0.1) is 12.6 Å². The Morgan fingerprint density at radius 2 is 2.12 bits per heavy atom. The van der Waals surface area contributed by atoms with Crippen molar-refractivity contribution in [2.45, 2.75) is 6.92 Å². The smallest absolute Gasteiger partial charge is 0.354 e. The number of carbonyl (C=O) groups is 1. The van der Waals surface area contributed by atoms with Gasteiger partial charge < -0.3 is 9.84 Å². The monoisotopic (exact) mass is 217 g/mol. The molecular weight excluding hydrogens is 206 g/mol. The Hall–Kier alpha value is -2.10. The Balaban J connectivity index is 2.70. The summed E-state index contributed by atoms with van der Waals surface area (Å²) in [6, 6.07) is 6.90. The third-order valence-electron chi connectivity index (χ3n) is 2.41. The fourth-order valence-electron chi connectivity index (χ4n) is 1.62. The second kappa shape index (κ2) is 3.81. The van der Waals surface area contributed by atoms with Gasteiger partial charge in [-0.05, 0) is 30.7 Å². The third kappa shape index (κ3) is 1.69. The number of pyridine rings is 1. The molecule has 2 rings (SSSR count). The number of aryl methyl sites for hydroxylation is 1. The van der Waals surface area contributed by atoms with E-state index in [9.17, 15) is 4.79 Å². The lowest BCUT2D eigenvalue weighted by molar-refractivity contribution is 0.0691. The zero-order chi connectivity index (χ0) is 11.7. The van der Waals surface area contributed by atoms with E-state index in [-0.39, 0.29) is 5.69 Å². The Kier molecular flexibility index (Phi) is 2.48. The first-order valence-corrected chi connectivity index (χ1v) is 4.80. The molecule has 82 valence electrons. The topological polar surface area (TPSA) is 59.4 Å². The van der Waals surface area contributed by atoms with Crippen molar-refractivity contribution in [3.05, 3.63) is 35.5 Å². The number of hydrogen-bond acceptors (Lipinski definition) is 3. The quantitative estimate of drug-likeness (QED) is 0.838. The highest BCUT2D eigenvalue weighted by molar-refractivity contribution is 5.91. The standard InChI is InChI=1S/C12H11NO3/c1-7-5-9(16-2)6-8-3-4-10(12(14)15)13-11(7)8/h3-6H,1-2H3,(H,14,15). The van der Waals surface area contributed by atoms with Crippen LogP contribution in [0.1, 0.15) is 16.1 Å². The first-order chi connectivity index (χ1) is 7.61. The van der Waals surface area contributed by atoms with Crippen molar-refractivity contribution in [3.63, 3.8) is 0 Å². The van der Waals surface area contributed by atoms with Gasteiger partial charge in [-0.3, -0.25) is 0 Å². The highest BCUT2D eigenvalue weighted by Gasteiger charge is 2.08. The Morgan fingerprint density at radius 3 is 2.75 bits per heavy atom. The molecule has 16 heavy (non-hydrogen) atoms. The molecule has 1 heterocycles. The molecule has 0 unspecified atom stereocenters. The van der Waals surface area contributed by atoms with Crippen LogP contribution in [0.5, 0.6) is 5.75 Å². The first kappa shape index (κ1) is 10.4. The number of ether oxygens (including phenoxy) is 1. The molecule has 0 bridgehead atoms. The number of fused-ring (bicyclic) bond motifs is 1. The lowest BCUT2D eigenvalue weighted by Gasteiger charge is -2.06. The molecule has 0 aliphatic carbocycles. The van der Waals surface area contributed by atoms with Crippen LogP contribution in [0.3, 0.4) is 0 Å². The van der Waals surface area contributed by atoms with Gasteiger partial charge in [0.1, 0.15) is 11.4 Å². The van der Waals surface area contributed by atoms with E-state index in [1.165, 1.54) is 6.07 Å². The summed E-state index contributed by atoms with van der Waals surface area (Å²) in [5, 5.41) is 9.73. The zero-order valence-corrected chi connectivity index (χ0v) is 9.02. The third-order valence-corrected chi connectivity index (χ3v) is 2.41. The summed E-state index contributed by atoms with van der Waals surface area (Å²) in [4.78, 5) is 14.9. The lowest BCUT2D eigenvalue weighted by Crippen LogP contribution is -2.00. The summed E-state index contributed by atoms with van der Waals surface area (Å²) in [7, 11) is 1.60. The van der Waals surface area contributed by atoms with Crippen molar-refractivity contribution in [1.82, 2.24) is 4.98 Å². The van der Waals surface area contributed by atoms with Crippen molar-refractivity contribution in [3.8, 4) is 5.75 Å². The summed E-state index contributed by atoms with van der Waals surface area (Å²) < 4.78 is 5.14. The maximum atomic E-state index is 10.8. The van der Waals surface area contributed by atoms with E-state index in [1.54, 1.807) is 13.2 Å². The second-order valence-electron chi connectivity index (χ2n) is 3.52. The minimum absolute atomic E-state index is 0.0563. The van der Waals surface area contributed by atoms with E-state index in [0.717, 1.165) is 16.7 Å². The van der Waals surface area contributed by atoms with Crippen molar-refractivity contribution in [2.24, 2.45) is 0 Å². The normalized spacial score (nSPS) is 10.4. The van der Waals surface area contributed by atoms with E-state index in [4.69, 9.17) is 9.84 Å². The fourth-order valence-corrected chi connectivity index (χ4v) is 1.62. The first-order valence-electron chi connectivity index (χ1n) is 4.80. The number of carboxylic acid groups (broad SMARTS) is 1. The minimum Gasteiger partial charge on any atom is -0.497 e. The molecule has 1 aromatic carbocycles. The van der Waals surface area contributed by atoms with Crippen molar-refractivity contribution in [2.75, 3.05) is 7.11 Å². The Bertz CT molecular complexity index is 563. The molecule has 0 aliphatic rings. The zero-order valence-electron chi connectivity index (χ0n) is 9.02. The van der Waals surface area contributed by atoms with Gasteiger partial charge >= 0.3 is 5.97 Å². The highest BCUT2D eigenvalue weighted by atomic mass is 16.5. The molecule has 0 fully saturated rings. The molecule has 0 atom stereocenters. The number of hydrogen-bond donors (Lipinski definition) is 1. The van der Waals surface area contributed by atoms with Crippen LogP contribution in [0.2, 0.25) is 0 Å². The molecule has 2 aromatic rings. The van der Waals surface area contributed by atoms with Gasteiger partial charge in [0.15, 0.2) is 0 Å². The maximum Gasteiger partial charge on any atom is 0.354 e. The molecule has 0 aliphatic heterocycles. The van der Waals surface area contributed by atoms with Crippen molar-refractivity contribution < 1.29 is 14.6 Å². The van der Waals surface area contributed by atoms with Gasteiger partial charge in [-0.2, -0.15) is 0 Å². The average Bonchev–Trinajstić information content (AvgIpc) is 2.28. The molecule has 4 nitrogen and oxygen atoms in total. The van der Waals surface area contributed by atoms with E-state index >= 15 is 0 Å². The molecule has 0 radical (unpaired) electrons. The van der Waals surface area contributed by atoms with E-state index in [0.29, 0.717) is 5.52 Å². The number of rotatable bonds is 2. The molecule has 0 saturated carbocycles. The van der Waals surface area contributed by atoms with E-state index in [2.05, 4.69) is 4.98 Å². The van der Waals surface area contributed by atoms with Crippen molar-refractivity contribution >= 4 is 16.9 Å². The molecule has 1 N–H and O–H groups in total. The number of aromatic carboxylic acids is 1. The van der Waals surface area contributed by atoms with E-state index < -0.39 is 5.97 Å². The van der Waals surface area contributed by atoms with Gasteiger partial charge in [0.25, 0.3) is 0 Å². The number of carboxylic acids is 1. The van der Waals surface area contributed by atoms with E-state index in [1.807, 2.05) is 19.1 Å². The molecular formula is C12H11NO3. The number of methoxy groups -OCH3 is 1. The maximum absolute atomic E-state index is 10.8. The molecule has 0 spiro atoms. The molecule has 0 saturated heterocycles. The molecule has 0 amide bonds. The SMILES string of the molecule is COc1cc(C)c2nc(C(=O)O)ccc2c1. The lowest BCUT2D eigenvalue weighted by atomic mass is 10.1. The molecule has 4 heteroatoms. The summed E-state index contributed by atoms with van der Waals surface area (Å²) in [5.74, 6) is -0.271. The Morgan fingerprint density at radius 1 is 1.38 bits per heavy atom. The fraction of sp³-hybridized carbons (Fsp3) is 0.167. The molecule has 1 aromatic heterocycles. The van der Waals surface area contributed by atoms with Crippen molar-refractivity contribution in [1.29, 1.82) is 0 Å². The van der Waals surface area contributed by atoms with Crippen LogP contribution in [-0.2, 0) is 0 Å². The number of benzene rings is 1. The summed E-state index contributed by atoms with van der Waals surface area (Å²) in [5.41, 5.74) is 1.65. The van der Waals surface area contributed by atoms with Gasteiger partial charge in [0, 0.05) is 5.39 Å². The van der Waals surface area contributed by atoms with Gasteiger partial charge in [0.2, 0.25) is 0 Å². The summed E-state index contributed by atoms with van der Waals surface area (Å²) in [6.07, 6.45) is 0. The summed E-state index contributed by atoms with van der Waals surface area (Å²) in [6.45, 7) is 1.88. The largest absolute Gasteiger partial charge is 0.497 e. The van der Waals surface area contributed by atoms with Crippen LogP contribution in [0.25, 0.3) is 10.9 Å². The minimum atomic E-state index is -1.02. The van der Waals surface area contributed by atoms with Crippen LogP contribution in [0, 0.1) is 6.92 Å². The van der Waals surface area contributed by atoms with Crippen LogP contribution in [-0.4, -0.2) is 23.2 Å². The van der Waals surface area contributed by atoms with Crippen LogP contribution >= 0.6 is 0 Å². The van der Waals surface area contributed by atoms with Gasteiger partial charge in [-0.25, -0.2) is 9.78 Å². The number of aromatic nitrogens is 1. The summed E-state index contributed by atoms with van der Waals surface area (Å²) >= 11 is 0. The van der Waals surface area contributed by atoms with Gasteiger partial charge in [-0.1, -0.05) is 6.07 Å². The second-order valence-corrected chi connectivity index (χ2v) is 3.52. The Labute approximate surface area is 92.5 Å². The highest BCUT2D eigenvalue weighted by Crippen LogP contribution is 2.23.